The van der Waals surface area contributed by atoms with Gasteiger partial charge in [-0.2, -0.15) is 0 Å². The summed E-state index contributed by atoms with van der Waals surface area (Å²) in [6, 6.07) is 7.08. The number of hydrogen-bond acceptors (Lipinski definition) is 7. The molecule has 1 unspecified atom stereocenters. The van der Waals surface area contributed by atoms with Gasteiger partial charge in [-0.25, -0.2) is 4.79 Å². The summed E-state index contributed by atoms with van der Waals surface area (Å²) in [5.41, 5.74) is 0.945. The molecule has 9 heteroatoms. The van der Waals surface area contributed by atoms with Crippen molar-refractivity contribution >= 4 is 17.8 Å². The number of esters is 1. The van der Waals surface area contributed by atoms with E-state index >= 15 is 0 Å². The highest BCUT2D eigenvalue weighted by atomic mass is 16.6. The number of carbonyl (C=O) groups is 3. The van der Waals surface area contributed by atoms with Crippen molar-refractivity contribution in [3.8, 4) is 5.75 Å². The number of nitrogens with zero attached hydrogens (tertiary/aromatic N) is 1. The lowest BCUT2D eigenvalue weighted by molar-refractivity contribution is -0.156. The number of likely N-dealkylation sites (N-methyl/N-ethyl adjacent to an activating group) is 1. The van der Waals surface area contributed by atoms with Gasteiger partial charge in [-0.3, -0.25) is 9.59 Å². The first-order valence-electron chi connectivity index (χ1n) is 11.5. The summed E-state index contributed by atoms with van der Waals surface area (Å²) < 4.78 is 5.19. The number of benzene rings is 1. The third kappa shape index (κ3) is 8.75. The SMILES string of the molecule is CCC.CCC1(c2cccc(OC(=O)[C@H](O)[C@@H](O)C(=O)NCC(=O)O)c2)CCCCN(C)C1. The quantitative estimate of drug-likeness (QED) is 0.336. The van der Waals surface area contributed by atoms with Crippen LogP contribution >= 0.6 is 0 Å². The first kappa shape index (κ1) is 28.5. The van der Waals surface area contributed by atoms with Crippen LogP contribution in [0.1, 0.15) is 58.4 Å². The predicted octanol–water partition coefficient (Wildman–Crippen LogP) is 1.69. The molecule has 1 fully saturated rings. The Morgan fingerprint density at radius 3 is 2.42 bits per heavy atom. The minimum atomic E-state index is -2.15. The Balaban J connectivity index is 0.00000172. The van der Waals surface area contributed by atoms with Crippen LogP contribution < -0.4 is 10.1 Å². The van der Waals surface area contributed by atoms with Crippen LogP contribution in [0.5, 0.6) is 5.75 Å². The Morgan fingerprint density at radius 1 is 1.15 bits per heavy atom. The van der Waals surface area contributed by atoms with Crippen molar-refractivity contribution in [2.45, 2.75) is 70.5 Å². The van der Waals surface area contributed by atoms with Gasteiger partial charge in [0.15, 0.2) is 12.2 Å². The van der Waals surface area contributed by atoms with Gasteiger partial charge >= 0.3 is 11.9 Å². The fourth-order valence-electron chi connectivity index (χ4n) is 3.85. The number of nitrogens with one attached hydrogen (secondary N) is 1. The standard InChI is InChI=1S/C21H30N2O7.C3H8/c1-3-21(9-4-5-10-23(2)13-21)14-7-6-8-15(11-14)30-20(29)18(27)17(26)19(28)22-12-16(24)25;1-3-2/h6-8,11,17-18,26-27H,3-5,9-10,12-13H2,1-2H3,(H,22,28)(H,24,25);3H2,1-2H3/t17-,18-,21?;/m1./s1. The Morgan fingerprint density at radius 2 is 1.82 bits per heavy atom. The normalized spacial score (nSPS) is 20.4. The van der Waals surface area contributed by atoms with Gasteiger partial charge in [0, 0.05) is 12.0 Å². The Kier molecular flexibility index (Phi) is 12.0. The number of aliphatic hydroxyl groups is 2. The topological polar surface area (TPSA) is 136 Å². The number of aliphatic hydroxyl groups excluding tert-OH is 2. The van der Waals surface area contributed by atoms with Gasteiger partial charge in [-0.15, -0.1) is 0 Å². The van der Waals surface area contributed by atoms with E-state index in [1.165, 1.54) is 6.42 Å². The van der Waals surface area contributed by atoms with E-state index < -0.39 is 36.6 Å². The monoisotopic (exact) mass is 466 g/mol. The first-order valence-corrected chi connectivity index (χ1v) is 11.5. The molecule has 186 valence electrons. The van der Waals surface area contributed by atoms with E-state index in [1.807, 2.05) is 11.4 Å². The highest BCUT2D eigenvalue weighted by Gasteiger charge is 2.35. The Labute approximate surface area is 195 Å². The summed E-state index contributed by atoms with van der Waals surface area (Å²) in [6.07, 6.45) is 1.11. The second kappa shape index (κ2) is 13.9. The van der Waals surface area contributed by atoms with Gasteiger partial charge < -0.3 is 30.3 Å². The Hall–Kier alpha value is -2.49. The zero-order chi connectivity index (χ0) is 25.0. The average Bonchev–Trinajstić information content (AvgIpc) is 2.99. The molecule has 0 aliphatic carbocycles. The number of rotatable bonds is 8. The molecule has 0 bridgehead atoms. The van der Waals surface area contributed by atoms with E-state index in [0.29, 0.717) is 0 Å². The molecule has 1 heterocycles. The van der Waals surface area contributed by atoms with E-state index in [1.54, 1.807) is 18.2 Å². The molecule has 4 N–H and O–H groups in total. The molecule has 1 saturated heterocycles. The molecule has 3 atom stereocenters. The molecule has 1 amide bonds. The van der Waals surface area contributed by atoms with Crippen LogP contribution in [0.15, 0.2) is 24.3 Å². The van der Waals surface area contributed by atoms with Crippen molar-refractivity contribution in [3.63, 3.8) is 0 Å². The molecule has 1 aromatic rings. The van der Waals surface area contributed by atoms with E-state index in [0.717, 1.165) is 44.3 Å². The molecular formula is C24H38N2O7. The van der Waals surface area contributed by atoms with Crippen molar-refractivity contribution in [2.75, 3.05) is 26.7 Å². The van der Waals surface area contributed by atoms with Crippen LogP contribution in [-0.4, -0.2) is 77.0 Å². The van der Waals surface area contributed by atoms with Gasteiger partial charge in [0.1, 0.15) is 12.3 Å². The number of carboxylic acids is 1. The van der Waals surface area contributed by atoms with Crippen LogP contribution in [0.2, 0.25) is 0 Å². The van der Waals surface area contributed by atoms with Crippen LogP contribution in [0.25, 0.3) is 0 Å². The molecule has 33 heavy (non-hydrogen) atoms. The minimum Gasteiger partial charge on any atom is -0.480 e. The van der Waals surface area contributed by atoms with E-state index in [2.05, 4.69) is 32.7 Å². The second-order valence-corrected chi connectivity index (χ2v) is 8.49. The highest BCUT2D eigenvalue weighted by Crippen LogP contribution is 2.37. The van der Waals surface area contributed by atoms with E-state index in [4.69, 9.17) is 9.84 Å². The summed E-state index contributed by atoms with van der Waals surface area (Å²) in [5.74, 6) is -3.50. The summed E-state index contributed by atoms with van der Waals surface area (Å²) >= 11 is 0. The van der Waals surface area contributed by atoms with Gasteiger partial charge in [0.2, 0.25) is 0 Å². The van der Waals surface area contributed by atoms with Crippen LogP contribution in [-0.2, 0) is 19.8 Å². The number of amides is 1. The number of hydrogen-bond donors (Lipinski definition) is 4. The molecule has 1 aromatic carbocycles. The number of likely N-dealkylation sites (tertiary alicyclic amines) is 1. The zero-order valence-electron chi connectivity index (χ0n) is 20.0. The first-order chi connectivity index (χ1) is 15.6. The van der Waals surface area contributed by atoms with Crippen molar-refractivity contribution < 1.29 is 34.4 Å². The maximum Gasteiger partial charge on any atom is 0.343 e. The number of aliphatic carboxylic acids is 1. The molecule has 2 rings (SSSR count). The molecule has 0 radical (unpaired) electrons. The predicted molar refractivity (Wildman–Crippen MR) is 124 cm³/mol. The van der Waals surface area contributed by atoms with Crippen LogP contribution in [0, 0.1) is 0 Å². The average molecular weight is 467 g/mol. The minimum absolute atomic E-state index is 0.0808. The van der Waals surface area contributed by atoms with Crippen molar-refractivity contribution in [3.05, 3.63) is 29.8 Å². The van der Waals surface area contributed by atoms with Crippen LogP contribution in [0.3, 0.4) is 0 Å². The molecular weight excluding hydrogens is 428 g/mol. The van der Waals surface area contributed by atoms with Gasteiger partial charge in [-0.1, -0.05) is 45.7 Å². The maximum absolute atomic E-state index is 12.2. The molecule has 0 aromatic heterocycles. The summed E-state index contributed by atoms with van der Waals surface area (Å²) in [6.45, 7) is 7.55. The molecule has 9 nitrogen and oxygen atoms in total. The van der Waals surface area contributed by atoms with Gasteiger partial charge in [0.25, 0.3) is 5.91 Å². The third-order valence-corrected chi connectivity index (χ3v) is 5.58. The lowest BCUT2D eigenvalue weighted by Gasteiger charge is -2.35. The van der Waals surface area contributed by atoms with Gasteiger partial charge in [-0.05, 0) is 50.6 Å². The molecule has 1 aliphatic heterocycles. The third-order valence-electron chi connectivity index (χ3n) is 5.58. The van der Waals surface area contributed by atoms with Crippen LogP contribution in [0.4, 0.5) is 0 Å². The molecule has 0 spiro atoms. The lowest BCUT2D eigenvalue weighted by Crippen LogP contribution is -2.48. The van der Waals surface area contributed by atoms with Crippen molar-refractivity contribution in [1.29, 1.82) is 0 Å². The number of ether oxygens (including phenoxy) is 1. The number of carbonyl (C=O) groups excluding carboxylic acids is 2. The van der Waals surface area contributed by atoms with Crippen molar-refractivity contribution in [1.82, 2.24) is 10.2 Å². The summed E-state index contributed by atoms with van der Waals surface area (Å²) in [4.78, 5) is 36.6. The number of carboxylic acid groups (broad SMARTS) is 1. The fourth-order valence-corrected chi connectivity index (χ4v) is 3.85. The second-order valence-electron chi connectivity index (χ2n) is 8.49. The van der Waals surface area contributed by atoms with Crippen molar-refractivity contribution in [2.24, 2.45) is 0 Å². The lowest BCUT2D eigenvalue weighted by atomic mass is 9.74. The smallest absolute Gasteiger partial charge is 0.343 e. The van der Waals surface area contributed by atoms with E-state index in [-0.39, 0.29) is 11.2 Å². The largest absolute Gasteiger partial charge is 0.480 e. The summed E-state index contributed by atoms with van der Waals surface area (Å²) in [5, 5.41) is 30.2. The Bertz CT molecular complexity index is 786. The zero-order valence-corrected chi connectivity index (χ0v) is 20.0. The van der Waals surface area contributed by atoms with Gasteiger partial charge in [0.05, 0.1) is 0 Å². The molecule has 0 saturated carbocycles. The summed E-state index contributed by atoms with van der Waals surface area (Å²) in [7, 11) is 2.09. The highest BCUT2D eigenvalue weighted by molar-refractivity contribution is 5.90. The fraction of sp³-hybridized carbons (Fsp3) is 0.625. The maximum atomic E-state index is 12.2. The van der Waals surface area contributed by atoms with E-state index in [9.17, 15) is 24.6 Å². The molecule has 1 aliphatic rings.